The van der Waals surface area contributed by atoms with Crippen LogP contribution in [-0.2, 0) is 4.79 Å². The van der Waals surface area contributed by atoms with Crippen LogP contribution in [0.1, 0.15) is 91.4 Å². The van der Waals surface area contributed by atoms with Crippen molar-refractivity contribution in [1.29, 1.82) is 0 Å². The second kappa shape index (κ2) is 15.3. The zero-order valence-corrected chi connectivity index (χ0v) is 15.3. The molecular formula is C19H39NO2. The minimum absolute atomic E-state index is 0.833. The van der Waals surface area contributed by atoms with Gasteiger partial charge in [0.15, 0.2) is 0 Å². The Balaban J connectivity index is 0.000000980. The minimum Gasteiger partial charge on any atom is -0.481 e. The van der Waals surface area contributed by atoms with E-state index in [1.54, 1.807) is 0 Å². The van der Waals surface area contributed by atoms with Gasteiger partial charge >= 0.3 is 0 Å². The molecule has 1 rings (SSSR count). The van der Waals surface area contributed by atoms with Gasteiger partial charge in [0.1, 0.15) is 0 Å². The van der Waals surface area contributed by atoms with Crippen LogP contribution < -0.4 is 0 Å². The van der Waals surface area contributed by atoms with Gasteiger partial charge in [-0.2, -0.15) is 0 Å². The summed E-state index contributed by atoms with van der Waals surface area (Å²) in [5.74, 6) is 0.194. The summed E-state index contributed by atoms with van der Waals surface area (Å²) in [5, 5.41) is 7.42. The molecule has 1 aliphatic rings. The maximum atomic E-state index is 9.00. The number of aliphatic carboxylic acids is 1. The Labute approximate surface area is 138 Å². The van der Waals surface area contributed by atoms with Crippen LogP contribution in [0.2, 0.25) is 0 Å². The predicted molar refractivity (Wildman–Crippen MR) is 95.4 cm³/mol. The number of piperidine rings is 1. The summed E-state index contributed by atoms with van der Waals surface area (Å²) in [5.41, 5.74) is 0. The normalized spacial score (nSPS) is 16.1. The minimum atomic E-state index is -0.833. The molecule has 0 aliphatic carbocycles. The van der Waals surface area contributed by atoms with Crippen LogP contribution in [0.25, 0.3) is 0 Å². The molecule has 22 heavy (non-hydrogen) atoms. The van der Waals surface area contributed by atoms with E-state index in [-0.39, 0.29) is 0 Å². The standard InChI is InChI=1S/C17H35N.C2H4O2/c1-3-5-6-7-8-9-10-11-14-18-15-12-17(4-2)13-16-18;1-2(3)4/h17H,3-16H2,1-2H3;1H3,(H,3,4). The fraction of sp³-hybridized carbons (Fsp3) is 0.947. The van der Waals surface area contributed by atoms with Crippen molar-refractivity contribution in [1.82, 2.24) is 4.90 Å². The molecule has 0 saturated carbocycles. The lowest BCUT2D eigenvalue weighted by molar-refractivity contribution is -0.134. The van der Waals surface area contributed by atoms with Gasteiger partial charge in [-0.25, -0.2) is 0 Å². The lowest BCUT2D eigenvalue weighted by atomic mass is 9.94. The van der Waals surface area contributed by atoms with E-state index < -0.39 is 5.97 Å². The second-order valence-corrected chi connectivity index (χ2v) is 6.69. The van der Waals surface area contributed by atoms with Gasteiger partial charge in [0, 0.05) is 6.92 Å². The van der Waals surface area contributed by atoms with E-state index in [4.69, 9.17) is 9.90 Å². The number of hydrogen-bond donors (Lipinski definition) is 1. The molecule has 0 radical (unpaired) electrons. The van der Waals surface area contributed by atoms with Crippen molar-refractivity contribution in [3.05, 3.63) is 0 Å². The summed E-state index contributed by atoms with van der Waals surface area (Å²) in [6.07, 6.45) is 15.9. The molecule has 1 aliphatic heterocycles. The van der Waals surface area contributed by atoms with Gasteiger partial charge in [-0.05, 0) is 44.8 Å². The maximum absolute atomic E-state index is 9.00. The van der Waals surface area contributed by atoms with E-state index in [0.29, 0.717) is 0 Å². The highest BCUT2D eigenvalue weighted by Crippen LogP contribution is 2.20. The van der Waals surface area contributed by atoms with Gasteiger partial charge in [-0.1, -0.05) is 65.2 Å². The number of unbranched alkanes of at least 4 members (excludes halogenated alkanes) is 7. The van der Waals surface area contributed by atoms with Crippen LogP contribution in [-0.4, -0.2) is 35.6 Å². The van der Waals surface area contributed by atoms with E-state index in [0.717, 1.165) is 12.8 Å². The summed E-state index contributed by atoms with van der Waals surface area (Å²) in [7, 11) is 0. The topological polar surface area (TPSA) is 40.5 Å². The molecule has 0 aromatic carbocycles. The van der Waals surface area contributed by atoms with Crippen molar-refractivity contribution in [2.24, 2.45) is 5.92 Å². The maximum Gasteiger partial charge on any atom is 0.300 e. The third-order valence-electron chi connectivity index (χ3n) is 4.61. The third-order valence-corrected chi connectivity index (χ3v) is 4.61. The Bertz CT molecular complexity index is 244. The Kier molecular flexibility index (Phi) is 14.9. The zero-order valence-electron chi connectivity index (χ0n) is 15.3. The molecule has 0 unspecified atom stereocenters. The fourth-order valence-corrected chi connectivity index (χ4v) is 3.09. The third kappa shape index (κ3) is 14.4. The van der Waals surface area contributed by atoms with E-state index in [1.807, 2.05) is 0 Å². The SMILES string of the molecule is CC(=O)O.CCCCCCCCCCN1CCC(CC)CC1. The molecular weight excluding hydrogens is 274 g/mol. The summed E-state index contributed by atoms with van der Waals surface area (Å²) in [6.45, 7) is 9.83. The van der Waals surface area contributed by atoms with Crippen LogP contribution in [0.3, 0.4) is 0 Å². The first-order chi connectivity index (χ1) is 10.6. The molecule has 0 aromatic heterocycles. The quantitative estimate of drug-likeness (QED) is 0.553. The predicted octanol–water partition coefficient (Wildman–Crippen LogP) is 5.34. The van der Waals surface area contributed by atoms with Gasteiger partial charge in [0.25, 0.3) is 5.97 Å². The van der Waals surface area contributed by atoms with Gasteiger partial charge in [-0.3, -0.25) is 4.79 Å². The molecule has 0 aromatic rings. The van der Waals surface area contributed by atoms with E-state index >= 15 is 0 Å². The van der Waals surface area contributed by atoms with Crippen LogP contribution in [0.4, 0.5) is 0 Å². The van der Waals surface area contributed by atoms with E-state index in [9.17, 15) is 0 Å². The van der Waals surface area contributed by atoms with Crippen LogP contribution in [0, 0.1) is 5.92 Å². The summed E-state index contributed by atoms with van der Waals surface area (Å²) in [6, 6.07) is 0. The van der Waals surface area contributed by atoms with Crippen LogP contribution in [0.5, 0.6) is 0 Å². The Hall–Kier alpha value is -0.570. The van der Waals surface area contributed by atoms with Crippen molar-refractivity contribution in [2.75, 3.05) is 19.6 Å². The number of likely N-dealkylation sites (tertiary alicyclic amines) is 1. The first-order valence-electron chi connectivity index (χ1n) is 9.52. The second-order valence-electron chi connectivity index (χ2n) is 6.69. The van der Waals surface area contributed by atoms with Crippen molar-refractivity contribution in [3.8, 4) is 0 Å². The molecule has 0 atom stereocenters. The van der Waals surface area contributed by atoms with Crippen LogP contribution >= 0.6 is 0 Å². The average Bonchev–Trinajstić information content (AvgIpc) is 2.50. The number of carboxylic acids is 1. The zero-order chi connectivity index (χ0) is 16.6. The van der Waals surface area contributed by atoms with Crippen molar-refractivity contribution >= 4 is 5.97 Å². The van der Waals surface area contributed by atoms with Gasteiger partial charge < -0.3 is 10.0 Å². The number of carbonyl (C=O) groups is 1. The molecule has 1 fully saturated rings. The number of hydrogen-bond acceptors (Lipinski definition) is 2. The average molecular weight is 314 g/mol. The molecule has 132 valence electrons. The molecule has 1 saturated heterocycles. The summed E-state index contributed by atoms with van der Waals surface area (Å²) < 4.78 is 0. The highest BCUT2D eigenvalue weighted by molar-refractivity contribution is 5.62. The first kappa shape index (κ1) is 21.4. The number of carboxylic acid groups (broad SMARTS) is 1. The lowest BCUT2D eigenvalue weighted by Gasteiger charge is -2.31. The highest BCUT2D eigenvalue weighted by atomic mass is 16.4. The lowest BCUT2D eigenvalue weighted by Crippen LogP contribution is -2.34. The Morgan fingerprint density at radius 2 is 1.41 bits per heavy atom. The van der Waals surface area contributed by atoms with Gasteiger partial charge in [-0.15, -0.1) is 0 Å². The summed E-state index contributed by atoms with van der Waals surface area (Å²) >= 11 is 0. The number of rotatable bonds is 10. The van der Waals surface area contributed by atoms with Gasteiger partial charge in [0.2, 0.25) is 0 Å². The molecule has 0 bridgehead atoms. The van der Waals surface area contributed by atoms with Crippen LogP contribution in [0.15, 0.2) is 0 Å². The highest BCUT2D eigenvalue weighted by Gasteiger charge is 2.16. The monoisotopic (exact) mass is 313 g/mol. The smallest absolute Gasteiger partial charge is 0.300 e. The van der Waals surface area contributed by atoms with Crippen molar-refractivity contribution in [3.63, 3.8) is 0 Å². The Morgan fingerprint density at radius 1 is 0.955 bits per heavy atom. The molecule has 3 heteroatoms. The first-order valence-corrected chi connectivity index (χ1v) is 9.52. The molecule has 1 heterocycles. The molecule has 1 N–H and O–H groups in total. The number of nitrogens with zero attached hydrogens (tertiary/aromatic N) is 1. The molecule has 0 amide bonds. The fourth-order valence-electron chi connectivity index (χ4n) is 3.09. The van der Waals surface area contributed by atoms with E-state index in [1.165, 1.54) is 90.3 Å². The Morgan fingerprint density at radius 3 is 1.86 bits per heavy atom. The van der Waals surface area contributed by atoms with Crippen molar-refractivity contribution in [2.45, 2.75) is 91.4 Å². The van der Waals surface area contributed by atoms with Gasteiger partial charge in [0.05, 0.1) is 0 Å². The molecule has 3 nitrogen and oxygen atoms in total. The largest absolute Gasteiger partial charge is 0.481 e. The summed E-state index contributed by atoms with van der Waals surface area (Å²) in [4.78, 5) is 11.7. The van der Waals surface area contributed by atoms with E-state index in [2.05, 4.69) is 18.7 Å². The van der Waals surface area contributed by atoms with Crippen molar-refractivity contribution < 1.29 is 9.90 Å². The molecule has 0 spiro atoms.